The molecular formula is C14H17N3O2. The van der Waals surface area contributed by atoms with Gasteiger partial charge in [-0.25, -0.2) is 14.8 Å². The Balaban J connectivity index is 2.25. The molecule has 1 heterocycles. The number of anilines is 1. The first kappa shape index (κ1) is 13.3. The van der Waals surface area contributed by atoms with Crippen LogP contribution in [0, 0.1) is 6.92 Å². The zero-order valence-corrected chi connectivity index (χ0v) is 11.3. The number of aryl methyl sites for hydroxylation is 1. The maximum Gasteiger partial charge on any atom is 0.328 e. The summed E-state index contributed by atoms with van der Waals surface area (Å²) in [4.78, 5) is 20.5. The number of aromatic nitrogens is 2. The zero-order valence-electron chi connectivity index (χ0n) is 11.3. The van der Waals surface area contributed by atoms with E-state index < -0.39 is 6.04 Å². The predicted molar refractivity (Wildman–Crippen MR) is 74.0 cm³/mol. The van der Waals surface area contributed by atoms with E-state index in [4.69, 9.17) is 4.74 Å². The number of nitrogens with one attached hydrogen (secondary N) is 1. The van der Waals surface area contributed by atoms with Gasteiger partial charge >= 0.3 is 5.97 Å². The van der Waals surface area contributed by atoms with E-state index in [9.17, 15) is 4.79 Å². The molecule has 0 aliphatic rings. The van der Waals surface area contributed by atoms with Crippen LogP contribution in [0.15, 0.2) is 24.3 Å². The number of hydrogen-bond donors (Lipinski definition) is 1. The Hall–Kier alpha value is -2.17. The van der Waals surface area contributed by atoms with E-state index in [1.807, 2.05) is 31.2 Å². The Bertz CT molecular complexity index is 598. The number of hydrogen-bond acceptors (Lipinski definition) is 5. The summed E-state index contributed by atoms with van der Waals surface area (Å²) < 4.78 is 4.95. The number of nitrogens with zero attached hydrogens (tertiary/aromatic N) is 2. The van der Waals surface area contributed by atoms with Crippen molar-refractivity contribution in [2.45, 2.75) is 26.8 Å². The van der Waals surface area contributed by atoms with Crippen LogP contribution < -0.4 is 5.32 Å². The first-order valence-electron chi connectivity index (χ1n) is 6.28. The summed E-state index contributed by atoms with van der Waals surface area (Å²) in [5.74, 6) is 0.316. The number of carbonyl (C=O) groups excluding carboxylic acids is 1. The Labute approximate surface area is 112 Å². The van der Waals surface area contributed by atoms with E-state index in [0.717, 1.165) is 16.7 Å². The monoisotopic (exact) mass is 259 g/mol. The minimum Gasteiger partial charge on any atom is -0.464 e. The molecule has 19 heavy (non-hydrogen) atoms. The van der Waals surface area contributed by atoms with Gasteiger partial charge in [-0.2, -0.15) is 0 Å². The lowest BCUT2D eigenvalue weighted by Gasteiger charge is -2.14. The summed E-state index contributed by atoms with van der Waals surface area (Å²) in [7, 11) is 0. The van der Waals surface area contributed by atoms with Gasteiger partial charge in [0.25, 0.3) is 0 Å². The number of fused-ring (bicyclic) bond motifs is 1. The van der Waals surface area contributed by atoms with E-state index in [1.165, 1.54) is 0 Å². The smallest absolute Gasteiger partial charge is 0.328 e. The number of para-hydroxylation sites is 2. The van der Waals surface area contributed by atoms with Crippen molar-refractivity contribution in [3.63, 3.8) is 0 Å². The molecule has 0 radical (unpaired) electrons. The van der Waals surface area contributed by atoms with Gasteiger partial charge in [-0.15, -0.1) is 0 Å². The van der Waals surface area contributed by atoms with Gasteiger partial charge in [-0.05, 0) is 32.9 Å². The molecule has 2 rings (SSSR count). The summed E-state index contributed by atoms with van der Waals surface area (Å²) >= 11 is 0. The molecule has 0 saturated heterocycles. The summed E-state index contributed by atoms with van der Waals surface area (Å²) in [6.07, 6.45) is 0. The lowest BCUT2D eigenvalue weighted by atomic mass is 10.2. The standard InChI is InChI=1S/C14H17N3O2/c1-4-19-14(18)10(3)16-13-9(2)15-11-7-5-6-8-12(11)17-13/h5-8,10H,4H2,1-3H3,(H,16,17). The highest BCUT2D eigenvalue weighted by Gasteiger charge is 2.15. The van der Waals surface area contributed by atoms with Gasteiger partial charge in [0.05, 0.1) is 23.3 Å². The average molecular weight is 259 g/mol. The highest BCUT2D eigenvalue weighted by Crippen LogP contribution is 2.16. The summed E-state index contributed by atoms with van der Waals surface area (Å²) in [5.41, 5.74) is 2.40. The second-order valence-electron chi connectivity index (χ2n) is 4.26. The van der Waals surface area contributed by atoms with Crippen molar-refractivity contribution < 1.29 is 9.53 Å². The first-order valence-corrected chi connectivity index (χ1v) is 6.28. The molecule has 2 aromatic rings. The second-order valence-corrected chi connectivity index (χ2v) is 4.26. The highest BCUT2D eigenvalue weighted by atomic mass is 16.5. The Morgan fingerprint density at radius 3 is 2.58 bits per heavy atom. The molecule has 0 spiro atoms. The molecule has 5 nitrogen and oxygen atoms in total. The number of esters is 1. The predicted octanol–water partition coefficient (Wildman–Crippen LogP) is 2.30. The molecule has 0 aliphatic carbocycles. The third kappa shape index (κ3) is 2.99. The fourth-order valence-corrected chi connectivity index (χ4v) is 1.76. The number of carbonyl (C=O) groups is 1. The summed E-state index contributed by atoms with van der Waals surface area (Å²) in [6.45, 7) is 5.76. The van der Waals surface area contributed by atoms with Crippen LogP contribution in [0.25, 0.3) is 11.0 Å². The van der Waals surface area contributed by atoms with Gasteiger partial charge in [0, 0.05) is 0 Å². The SMILES string of the molecule is CCOC(=O)C(C)Nc1nc2ccccc2nc1C. The zero-order chi connectivity index (χ0) is 13.8. The molecule has 1 aromatic heterocycles. The van der Waals surface area contributed by atoms with Crippen LogP contribution in [0.1, 0.15) is 19.5 Å². The first-order chi connectivity index (χ1) is 9.11. The van der Waals surface area contributed by atoms with E-state index in [-0.39, 0.29) is 5.97 Å². The molecule has 1 aromatic carbocycles. The fourth-order valence-electron chi connectivity index (χ4n) is 1.76. The minimum atomic E-state index is -0.450. The van der Waals surface area contributed by atoms with E-state index in [1.54, 1.807) is 13.8 Å². The molecular weight excluding hydrogens is 242 g/mol. The molecule has 0 amide bonds. The second kappa shape index (κ2) is 5.65. The van der Waals surface area contributed by atoms with Crippen LogP contribution in [0.3, 0.4) is 0 Å². The minimum absolute atomic E-state index is 0.295. The lowest BCUT2D eigenvalue weighted by Crippen LogP contribution is -2.29. The molecule has 5 heteroatoms. The van der Waals surface area contributed by atoms with Gasteiger partial charge < -0.3 is 10.1 Å². The van der Waals surface area contributed by atoms with Gasteiger partial charge in [-0.3, -0.25) is 0 Å². The normalized spacial score (nSPS) is 12.2. The third-order valence-electron chi connectivity index (χ3n) is 2.74. The fraction of sp³-hybridized carbons (Fsp3) is 0.357. The van der Waals surface area contributed by atoms with E-state index >= 15 is 0 Å². The van der Waals surface area contributed by atoms with Crippen LogP contribution in [0.2, 0.25) is 0 Å². The van der Waals surface area contributed by atoms with Crippen molar-refractivity contribution in [1.82, 2.24) is 9.97 Å². The van der Waals surface area contributed by atoms with E-state index in [0.29, 0.717) is 12.4 Å². The highest BCUT2D eigenvalue weighted by molar-refractivity contribution is 5.80. The molecule has 1 unspecified atom stereocenters. The van der Waals surface area contributed by atoms with Crippen molar-refractivity contribution in [2.24, 2.45) is 0 Å². The summed E-state index contributed by atoms with van der Waals surface area (Å²) in [6, 6.07) is 7.18. The van der Waals surface area contributed by atoms with E-state index in [2.05, 4.69) is 15.3 Å². The Morgan fingerprint density at radius 2 is 1.95 bits per heavy atom. The number of rotatable bonds is 4. The third-order valence-corrected chi connectivity index (χ3v) is 2.74. The molecule has 1 atom stereocenters. The summed E-state index contributed by atoms with van der Waals surface area (Å²) in [5, 5.41) is 3.04. The molecule has 0 aliphatic heterocycles. The molecule has 1 N–H and O–H groups in total. The molecule has 100 valence electrons. The Kier molecular flexibility index (Phi) is 3.94. The average Bonchev–Trinajstić information content (AvgIpc) is 2.39. The van der Waals surface area contributed by atoms with Gasteiger partial charge in [-0.1, -0.05) is 12.1 Å². The van der Waals surface area contributed by atoms with Gasteiger partial charge in [0.1, 0.15) is 11.9 Å². The lowest BCUT2D eigenvalue weighted by molar-refractivity contribution is -0.143. The van der Waals surface area contributed by atoms with Crippen molar-refractivity contribution in [3.8, 4) is 0 Å². The number of benzene rings is 1. The van der Waals surface area contributed by atoms with Crippen LogP contribution in [0.4, 0.5) is 5.82 Å². The topological polar surface area (TPSA) is 64.1 Å². The van der Waals surface area contributed by atoms with Crippen molar-refractivity contribution in [2.75, 3.05) is 11.9 Å². The van der Waals surface area contributed by atoms with Crippen molar-refractivity contribution in [3.05, 3.63) is 30.0 Å². The number of ether oxygens (including phenoxy) is 1. The van der Waals surface area contributed by atoms with Crippen LogP contribution in [0.5, 0.6) is 0 Å². The van der Waals surface area contributed by atoms with Gasteiger partial charge in [0.2, 0.25) is 0 Å². The van der Waals surface area contributed by atoms with Crippen molar-refractivity contribution in [1.29, 1.82) is 0 Å². The molecule has 0 saturated carbocycles. The van der Waals surface area contributed by atoms with Crippen LogP contribution in [-0.4, -0.2) is 28.6 Å². The van der Waals surface area contributed by atoms with Crippen LogP contribution >= 0.6 is 0 Å². The largest absolute Gasteiger partial charge is 0.464 e. The molecule has 0 bridgehead atoms. The Morgan fingerprint density at radius 1 is 1.32 bits per heavy atom. The quantitative estimate of drug-likeness (QED) is 0.853. The van der Waals surface area contributed by atoms with Gasteiger partial charge in [0.15, 0.2) is 0 Å². The van der Waals surface area contributed by atoms with Crippen molar-refractivity contribution >= 4 is 22.8 Å². The molecule has 0 fully saturated rings. The van der Waals surface area contributed by atoms with Crippen LogP contribution in [-0.2, 0) is 9.53 Å². The maximum absolute atomic E-state index is 11.6. The maximum atomic E-state index is 11.6.